The Morgan fingerprint density at radius 2 is 2.00 bits per heavy atom. The molecule has 0 unspecified atom stereocenters. The van der Waals surface area contributed by atoms with E-state index in [9.17, 15) is 9.59 Å². The number of rotatable bonds is 6. The summed E-state index contributed by atoms with van der Waals surface area (Å²) >= 11 is 14.6. The van der Waals surface area contributed by atoms with Crippen molar-refractivity contribution >= 4 is 63.2 Å². The van der Waals surface area contributed by atoms with Gasteiger partial charge >= 0.3 is 5.97 Å². The lowest BCUT2D eigenvalue weighted by molar-refractivity contribution is -0.113. The van der Waals surface area contributed by atoms with Crippen LogP contribution in [0.25, 0.3) is 11.4 Å². The summed E-state index contributed by atoms with van der Waals surface area (Å²) in [7, 11) is 3.10. The quantitative estimate of drug-likeness (QED) is 0.415. The summed E-state index contributed by atoms with van der Waals surface area (Å²) in [5, 5.41) is 13.0. The molecule has 3 rings (SSSR count). The number of nitrogens with zero attached hydrogens (tertiary/aromatic N) is 3. The number of methoxy groups -OCH3 is 1. The predicted molar refractivity (Wildman–Crippen MR) is 116 cm³/mol. The van der Waals surface area contributed by atoms with E-state index in [4.69, 9.17) is 27.9 Å². The van der Waals surface area contributed by atoms with Gasteiger partial charge in [-0.2, -0.15) is 0 Å². The van der Waals surface area contributed by atoms with Crippen molar-refractivity contribution < 1.29 is 14.3 Å². The van der Waals surface area contributed by atoms with Crippen LogP contribution in [0, 0.1) is 6.92 Å². The van der Waals surface area contributed by atoms with Gasteiger partial charge < -0.3 is 14.6 Å². The highest BCUT2D eigenvalue weighted by molar-refractivity contribution is 7.99. The van der Waals surface area contributed by atoms with Crippen molar-refractivity contribution in [3.8, 4) is 11.4 Å². The summed E-state index contributed by atoms with van der Waals surface area (Å²) in [5.41, 5.74) is 1.11. The van der Waals surface area contributed by atoms with E-state index in [1.807, 2.05) is 6.92 Å². The van der Waals surface area contributed by atoms with E-state index in [1.165, 1.54) is 30.2 Å². The number of aryl methyl sites for hydroxylation is 1. The van der Waals surface area contributed by atoms with Crippen molar-refractivity contribution in [2.45, 2.75) is 12.1 Å². The number of halogens is 2. The minimum Gasteiger partial charge on any atom is -0.465 e. The second kappa shape index (κ2) is 9.17. The first-order valence-electron chi connectivity index (χ1n) is 8.26. The van der Waals surface area contributed by atoms with Gasteiger partial charge in [0.05, 0.1) is 28.5 Å². The van der Waals surface area contributed by atoms with Gasteiger partial charge in [-0.25, -0.2) is 4.79 Å². The minimum atomic E-state index is -0.489. The number of carbonyl (C=O) groups excluding carboxylic acids is 2. The van der Waals surface area contributed by atoms with Crippen molar-refractivity contribution in [3.63, 3.8) is 0 Å². The first-order chi connectivity index (χ1) is 13.8. The topological polar surface area (TPSA) is 86.1 Å². The molecule has 0 aliphatic rings. The van der Waals surface area contributed by atoms with Crippen LogP contribution in [0.4, 0.5) is 5.00 Å². The van der Waals surface area contributed by atoms with Gasteiger partial charge in [-0.05, 0) is 31.2 Å². The number of aromatic nitrogens is 3. The Hall–Kier alpha value is -2.07. The molecule has 29 heavy (non-hydrogen) atoms. The highest BCUT2D eigenvalue weighted by atomic mass is 35.5. The molecule has 0 saturated carbocycles. The van der Waals surface area contributed by atoms with Gasteiger partial charge in [-0.15, -0.1) is 21.5 Å². The van der Waals surface area contributed by atoms with E-state index >= 15 is 0 Å². The maximum Gasteiger partial charge on any atom is 0.340 e. The Morgan fingerprint density at radius 3 is 2.69 bits per heavy atom. The molecule has 2 aromatic heterocycles. The SMILES string of the molecule is COC(=O)c1cc(C)sc1NC(=O)CSc1nnc(-c2ccc(Cl)c(Cl)c2)n1C. The van der Waals surface area contributed by atoms with Crippen LogP contribution < -0.4 is 5.32 Å². The molecule has 0 radical (unpaired) electrons. The van der Waals surface area contributed by atoms with Gasteiger partial charge in [0.2, 0.25) is 5.91 Å². The third-order valence-electron chi connectivity index (χ3n) is 3.86. The molecule has 0 fully saturated rings. The van der Waals surface area contributed by atoms with E-state index in [1.54, 1.807) is 35.9 Å². The fraction of sp³-hybridized carbons (Fsp3) is 0.222. The molecule has 0 bridgehead atoms. The molecule has 0 atom stereocenters. The smallest absolute Gasteiger partial charge is 0.340 e. The Morgan fingerprint density at radius 1 is 1.24 bits per heavy atom. The number of thiophene rings is 1. The lowest BCUT2D eigenvalue weighted by Crippen LogP contribution is -2.16. The first-order valence-corrected chi connectivity index (χ1v) is 10.8. The molecule has 1 amide bonds. The molecule has 1 aromatic carbocycles. The van der Waals surface area contributed by atoms with Gasteiger partial charge in [-0.3, -0.25) is 4.79 Å². The number of benzene rings is 1. The first kappa shape index (κ1) is 21.6. The van der Waals surface area contributed by atoms with Crippen LogP contribution in [0.3, 0.4) is 0 Å². The highest BCUT2D eigenvalue weighted by Crippen LogP contribution is 2.30. The van der Waals surface area contributed by atoms with Gasteiger partial charge in [0.1, 0.15) is 5.00 Å². The minimum absolute atomic E-state index is 0.102. The van der Waals surface area contributed by atoms with E-state index in [0.717, 1.165) is 10.4 Å². The summed E-state index contributed by atoms with van der Waals surface area (Å²) in [6.45, 7) is 1.85. The number of hydrogen-bond acceptors (Lipinski definition) is 7. The molecule has 11 heteroatoms. The molecule has 2 heterocycles. The van der Waals surface area contributed by atoms with E-state index in [-0.39, 0.29) is 11.7 Å². The summed E-state index contributed by atoms with van der Waals surface area (Å²) in [6, 6.07) is 6.89. The zero-order valence-electron chi connectivity index (χ0n) is 15.7. The van der Waals surface area contributed by atoms with Crippen LogP contribution in [0.1, 0.15) is 15.2 Å². The molecular formula is C18H16Cl2N4O3S2. The maximum atomic E-state index is 12.4. The van der Waals surface area contributed by atoms with Crippen molar-refractivity contribution in [1.29, 1.82) is 0 Å². The van der Waals surface area contributed by atoms with Crippen LogP contribution in [0.5, 0.6) is 0 Å². The van der Waals surface area contributed by atoms with Crippen LogP contribution >= 0.6 is 46.3 Å². The number of anilines is 1. The standard InChI is InChI=1S/C18H16Cl2N4O3S2/c1-9-6-11(17(26)27-3)16(29-9)21-14(25)8-28-18-23-22-15(24(18)2)10-4-5-12(19)13(20)7-10/h4-7H,8H2,1-3H3,(H,21,25). The summed E-state index contributed by atoms with van der Waals surface area (Å²) in [5.74, 6) is -0.0449. The van der Waals surface area contributed by atoms with Gasteiger partial charge in [0.15, 0.2) is 11.0 Å². The van der Waals surface area contributed by atoms with E-state index in [2.05, 4.69) is 15.5 Å². The largest absolute Gasteiger partial charge is 0.465 e. The van der Waals surface area contributed by atoms with Crippen LogP contribution in [-0.2, 0) is 16.6 Å². The van der Waals surface area contributed by atoms with Crippen molar-refractivity contribution in [2.24, 2.45) is 7.05 Å². The molecule has 0 spiro atoms. The number of nitrogens with one attached hydrogen (secondary N) is 1. The molecule has 3 aromatic rings. The fourth-order valence-corrected chi connectivity index (χ4v) is 4.41. The number of amides is 1. The Kier molecular flexibility index (Phi) is 6.84. The number of ether oxygens (including phenoxy) is 1. The summed E-state index contributed by atoms with van der Waals surface area (Å²) in [6.07, 6.45) is 0. The Labute approximate surface area is 185 Å². The summed E-state index contributed by atoms with van der Waals surface area (Å²) in [4.78, 5) is 25.1. The van der Waals surface area contributed by atoms with E-state index in [0.29, 0.717) is 31.6 Å². The van der Waals surface area contributed by atoms with Gasteiger partial charge in [0, 0.05) is 17.5 Å². The predicted octanol–water partition coefficient (Wildman–Crippen LogP) is 4.68. The fourth-order valence-electron chi connectivity index (χ4n) is 2.49. The van der Waals surface area contributed by atoms with Gasteiger partial charge in [0.25, 0.3) is 0 Å². The molecular weight excluding hydrogens is 455 g/mol. The number of thioether (sulfide) groups is 1. The lowest BCUT2D eigenvalue weighted by Gasteiger charge is -2.06. The monoisotopic (exact) mass is 470 g/mol. The van der Waals surface area contributed by atoms with E-state index < -0.39 is 5.97 Å². The number of esters is 1. The summed E-state index contributed by atoms with van der Waals surface area (Å²) < 4.78 is 6.52. The zero-order valence-corrected chi connectivity index (χ0v) is 18.8. The third-order valence-corrected chi connectivity index (χ3v) is 6.58. The average molecular weight is 471 g/mol. The molecule has 0 aliphatic carbocycles. The normalized spacial score (nSPS) is 10.8. The second-order valence-electron chi connectivity index (χ2n) is 5.92. The molecule has 0 saturated heterocycles. The number of carbonyl (C=O) groups is 2. The second-order valence-corrected chi connectivity index (χ2v) is 8.94. The number of hydrogen-bond donors (Lipinski definition) is 1. The molecule has 0 aliphatic heterocycles. The van der Waals surface area contributed by atoms with Crippen LogP contribution in [-0.4, -0.2) is 39.5 Å². The van der Waals surface area contributed by atoms with Crippen molar-refractivity contribution in [3.05, 3.63) is 44.8 Å². The average Bonchev–Trinajstić information content (AvgIpc) is 3.24. The van der Waals surface area contributed by atoms with Crippen molar-refractivity contribution in [1.82, 2.24) is 14.8 Å². The maximum absolute atomic E-state index is 12.4. The highest BCUT2D eigenvalue weighted by Gasteiger charge is 2.18. The molecule has 1 N–H and O–H groups in total. The lowest BCUT2D eigenvalue weighted by atomic mass is 10.2. The Balaban J connectivity index is 1.68. The Bertz CT molecular complexity index is 1080. The third kappa shape index (κ3) is 4.92. The molecule has 7 nitrogen and oxygen atoms in total. The molecule has 152 valence electrons. The van der Waals surface area contributed by atoms with Crippen LogP contribution in [0.15, 0.2) is 29.4 Å². The van der Waals surface area contributed by atoms with Crippen molar-refractivity contribution in [2.75, 3.05) is 18.2 Å². The zero-order chi connectivity index (χ0) is 21.1. The van der Waals surface area contributed by atoms with Gasteiger partial charge in [-0.1, -0.05) is 35.0 Å². The van der Waals surface area contributed by atoms with Crippen LogP contribution in [0.2, 0.25) is 10.0 Å².